The molecule has 25 heavy (non-hydrogen) atoms. The van der Waals surface area contributed by atoms with E-state index in [1.807, 2.05) is 24.3 Å². The summed E-state index contributed by atoms with van der Waals surface area (Å²) in [5, 5.41) is 3.69. The van der Waals surface area contributed by atoms with Crippen LogP contribution in [0.4, 0.5) is 0 Å². The van der Waals surface area contributed by atoms with Crippen molar-refractivity contribution in [2.45, 2.75) is 44.6 Å². The van der Waals surface area contributed by atoms with Gasteiger partial charge in [-0.15, -0.1) is 11.3 Å². The van der Waals surface area contributed by atoms with Gasteiger partial charge in [-0.25, -0.2) is 9.78 Å². The van der Waals surface area contributed by atoms with Crippen LogP contribution in [-0.4, -0.2) is 29.5 Å². The minimum Gasteiger partial charge on any atom is -0.452 e. The molecule has 1 aliphatic rings. The summed E-state index contributed by atoms with van der Waals surface area (Å²) in [7, 11) is 0. The van der Waals surface area contributed by atoms with Gasteiger partial charge < -0.3 is 10.1 Å². The Morgan fingerprint density at radius 3 is 2.72 bits per heavy atom. The number of rotatable bonds is 5. The molecule has 0 radical (unpaired) electrons. The normalized spacial score (nSPS) is 16.0. The fourth-order valence-electron chi connectivity index (χ4n) is 2.98. The summed E-state index contributed by atoms with van der Waals surface area (Å²) < 4.78 is 6.08. The third-order valence-corrected chi connectivity index (χ3v) is 5.24. The molecule has 0 bridgehead atoms. The van der Waals surface area contributed by atoms with Crippen LogP contribution in [0.3, 0.4) is 0 Å². The van der Waals surface area contributed by atoms with Crippen LogP contribution < -0.4 is 5.32 Å². The Labute approximate surface area is 151 Å². The molecule has 0 unspecified atom stereocenters. The first-order valence-electron chi connectivity index (χ1n) is 8.70. The minimum atomic E-state index is -0.532. The lowest BCUT2D eigenvalue weighted by Crippen LogP contribution is -2.37. The number of hydrogen-bond donors (Lipinski definition) is 1. The number of nitrogens with one attached hydrogen (secondary N) is 1. The minimum absolute atomic E-state index is 0.215. The molecule has 1 fully saturated rings. The van der Waals surface area contributed by atoms with Crippen molar-refractivity contribution in [2.24, 2.45) is 0 Å². The highest BCUT2D eigenvalue weighted by Crippen LogP contribution is 2.22. The van der Waals surface area contributed by atoms with E-state index >= 15 is 0 Å². The number of thiazole rings is 1. The first-order valence-corrected chi connectivity index (χ1v) is 9.52. The zero-order valence-electron chi connectivity index (χ0n) is 14.1. The van der Waals surface area contributed by atoms with Crippen molar-refractivity contribution in [1.29, 1.82) is 0 Å². The van der Waals surface area contributed by atoms with Gasteiger partial charge >= 0.3 is 5.97 Å². The van der Waals surface area contributed by atoms with Crippen LogP contribution in [0.25, 0.3) is 16.3 Å². The molecule has 0 aliphatic heterocycles. The number of hydrogen-bond acceptors (Lipinski definition) is 5. The van der Waals surface area contributed by atoms with Crippen molar-refractivity contribution in [3.63, 3.8) is 0 Å². The largest absolute Gasteiger partial charge is 0.452 e. The Bertz CT molecular complexity index is 728. The van der Waals surface area contributed by atoms with Crippen molar-refractivity contribution in [3.05, 3.63) is 35.3 Å². The van der Waals surface area contributed by atoms with E-state index in [1.165, 1.54) is 30.3 Å². The second-order valence-electron chi connectivity index (χ2n) is 6.22. The highest BCUT2D eigenvalue weighted by Gasteiger charge is 2.15. The average Bonchev–Trinajstić information content (AvgIpc) is 2.86. The van der Waals surface area contributed by atoms with Crippen LogP contribution in [0.5, 0.6) is 0 Å². The molecule has 6 heteroatoms. The maximum Gasteiger partial charge on any atom is 0.331 e. The number of fused-ring (bicyclic) bond motifs is 1. The van der Waals surface area contributed by atoms with Crippen LogP contribution in [0.15, 0.2) is 30.3 Å². The van der Waals surface area contributed by atoms with Crippen LogP contribution >= 0.6 is 11.3 Å². The summed E-state index contributed by atoms with van der Waals surface area (Å²) >= 11 is 1.50. The van der Waals surface area contributed by atoms with Crippen molar-refractivity contribution in [3.8, 4) is 0 Å². The van der Waals surface area contributed by atoms with E-state index in [4.69, 9.17) is 4.74 Å². The number of para-hydroxylation sites is 1. The molecule has 2 aromatic rings. The summed E-state index contributed by atoms with van der Waals surface area (Å²) in [6.07, 6.45) is 9.72. The monoisotopic (exact) mass is 358 g/mol. The number of esters is 1. The highest BCUT2D eigenvalue weighted by molar-refractivity contribution is 7.19. The number of aromatic nitrogens is 1. The molecule has 0 atom stereocenters. The average molecular weight is 358 g/mol. The van der Waals surface area contributed by atoms with Gasteiger partial charge in [0.25, 0.3) is 5.91 Å². The lowest BCUT2D eigenvalue weighted by molar-refractivity contribution is -0.144. The third kappa shape index (κ3) is 5.39. The van der Waals surface area contributed by atoms with E-state index in [0.29, 0.717) is 0 Å². The third-order valence-electron chi connectivity index (χ3n) is 4.24. The molecule has 1 aromatic heterocycles. The molecule has 1 aliphatic carbocycles. The topological polar surface area (TPSA) is 68.3 Å². The predicted octanol–water partition coefficient (Wildman–Crippen LogP) is 3.69. The van der Waals surface area contributed by atoms with Gasteiger partial charge in [-0.1, -0.05) is 37.8 Å². The quantitative estimate of drug-likeness (QED) is 0.503. The van der Waals surface area contributed by atoms with E-state index in [9.17, 15) is 9.59 Å². The van der Waals surface area contributed by atoms with E-state index in [1.54, 1.807) is 6.08 Å². The number of amides is 1. The highest BCUT2D eigenvalue weighted by atomic mass is 32.1. The Hall–Kier alpha value is -2.21. The van der Waals surface area contributed by atoms with Gasteiger partial charge in [0.05, 0.1) is 10.2 Å². The van der Waals surface area contributed by atoms with Gasteiger partial charge in [0.2, 0.25) is 0 Å². The second-order valence-corrected chi connectivity index (χ2v) is 7.28. The Morgan fingerprint density at radius 2 is 1.96 bits per heavy atom. The molecule has 1 N–H and O–H groups in total. The molecule has 5 nitrogen and oxygen atoms in total. The summed E-state index contributed by atoms with van der Waals surface area (Å²) in [5.41, 5.74) is 0.906. The molecule has 1 amide bonds. The molecule has 1 heterocycles. The zero-order valence-corrected chi connectivity index (χ0v) is 14.9. The van der Waals surface area contributed by atoms with Gasteiger partial charge in [0.1, 0.15) is 5.01 Å². The maximum absolute atomic E-state index is 11.9. The van der Waals surface area contributed by atoms with Crippen molar-refractivity contribution in [2.75, 3.05) is 6.61 Å². The first-order chi connectivity index (χ1) is 12.2. The predicted molar refractivity (Wildman–Crippen MR) is 99.2 cm³/mol. The van der Waals surface area contributed by atoms with E-state index in [-0.39, 0.29) is 18.6 Å². The standard InChI is InChI=1S/C19H22N2O3S/c22-17(20-14-7-3-1-2-4-8-14)13-24-19(23)12-11-18-21-15-9-5-6-10-16(15)25-18/h5-6,9-12,14H,1-4,7-8,13H2,(H,20,22). The van der Waals surface area contributed by atoms with Crippen molar-refractivity contribution in [1.82, 2.24) is 10.3 Å². The van der Waals surface area contributed by atoms with E-state index in [2.05, 4.69) is 10.3 Å². The molecular weight excluding hydrogens is 336 g/mol. The fraction of sp³-hybridized carbons (Fsp3) is 0.421. The molecule has 3 rings (SSSR count). The van der Waals surface area contributed by atoms with Crippen LogP contribution in [0, 0.1) is 0 Å². The lowest BCUT2D eigenvalue weighted by Gasteiger charge is -2.15. The number of carbonyl (C=O) groups is 2. The zero-order chi connectivity index (χ0) is 17.5. The summed E-state index contributed by atoms with van der Waals surface area (Å²) in [6, 6.07) is 8.01. The Balaban J connectivity index is 1.44. The first kappa shape index (κ1) is 17.6. The van der Waals surface area contributed by atoms with Crippen LogP contribution in [0.2, 0.25) is 0 Å². The Kier molecular flexibility index (Phi) is 6.17. The van der Waals surface area contributed by atoms with Crippen molar-refractivity contribution >= 4 is 39.5 Å². The summed E-state index contributed by atoms with van der Waals surface area (Å²) in [4.78, 5) is 28.1. The second kappa shape index (κ2) is 8.76. The van der Waals surface area contributed by atoms with Gasteiger partial charge in [-0.05, 0) is 31.1 Å². The molecule has 1 aromatic carbocycles. The van der Waals surface area contributed by atoms with Gasteiger partial charge in [0, 0.05) is 12.1 Å². The fourth-order valence-corrected chi connectivity index (χ4v) is 3.85. The van der Waals surface area contributed by atoms with Gasteiger partial charge in [0.15, 0.2) is 6.61 Å². The lowest BCUT2D eigenvalue weighted by atomic mass is 10.1. The number of benzene rings is 1. The van der Waals surface area contributed by atoms with Crippen LogP contribution in [-0.2, 0) is 14.3 Å². The SMILES string of the molecule is O=C(COC(=O)C=Cc1nc2ccccc2s1)NC1CCCCCC1. The number of carbonyl (C=O) groups excluding carboxylic acids is 2. The smallest absolute Gasteiger partial charge is 0.331 e. The summed E-state index contributed by atoms with van der Waals surface area (Å²) in [5.74, 6) is -0.760. The number of ether oxygens (including phenoxy) is 1. The van der Waals surface area contributed by atoms with Gasteiger partial charge in [-0.2, -0.15) is 0 Å². The molecule has 0 saturated heterocycles. The number of nitrogens with zero attached hydrogens (tertiary/aromatic N) is 1. The molecule has 0 spiro atoms. The van der Waals surface area contributed by atoms with E-state index < -0.39 is 5.97 Å². The molecular formula is C19H22N2O3S. The molecule has 132 valence electrons. The van der Waals surface area contributed by atoms with Gasteiger partial charge in [-0.3, -0.25) is 4.79 Å². The Morgan fingerprint density at radius 1 is 1.20 bits per heavy atom. The van der Waals surface area contributed by atoms with E-state index in [0.717, 1.165) is 40.9 Å². The van der Waals surface area contributed by atoms with Crippen LogP contribution in [0.1, 0.15) is 43.5 Å². The molecule has 1 saturated carbocycles. The summed E-state index contributed by atoms with van der Waals surface area (Å²) in [6.45, 7) is -0.237. The van der Waals surface area contributed by atoms with Crippen molar-refractivity contribution < 1.29 is 14.3 Å². The maximum atomic E-state index is 11.9.